The molecule has 0 aliphatic carbocycles. The fourth-order valence-corrected chi connectivity index (χ4v) is 1.93. The molecule has 5 heteroatoms. The number of nitriles is 1. The molecule has 0 aromatic carbocycles. The van der Waals surface area contributed by atoms with Crippen LogP contribution in [0.2, 0.25) is 0 Å². The average molecular weight is 181 g/mol. The van der Waals surface area contributed by atoms with Crippen LogP contribution in [0.15, 0.2) is 6.20 Å². The second-order valence-electron chi connectivity index (χ2n) is 2.38. The van der Waals surface area contributed by atoms with Crippen molar-refractivity contribution < 1.29 is 4.39 Å². The van der Waals surface area contributed by atoms with Gasteiger partial charge in [0, 0.05) is 13.2 Å². The van der Waals surface area contributed by atoms with Crippen LogP contribution in [0.3, 0.4) is 0 Å². The minimum Gasteiger partial charge on any atom is -0.274 e. The van der Waals surface area contributed by atoms with Crippen LogP contribution in [-0.2, 0) is 7.05 Å². The highest BCUT2D eigenvalue weighted by Gasteiger charge is 2.14. The van der Waals surface area contributed by atoms with E-state index in [1.54, 1.807) is 24.0 Å². The van der Waals surface area contributed by atoms with Gasteiger partial charge in [-0.2, -0.15) is 14.8 Å². The van der Waals surface area contributed by atoms with E-state index in [0.29, 0.717) is 10.2 Å². The zero-order chi connectivity index (χ0) is 8.72. The molecule has 0 aliphatic heterocycles. The Morgan fingerprint density at radius 1 is 1.75 bits per heavy atom. The normalized spacial score (nSPS) is 10.4. The number of hydrogen-bond acceptors (Lipinski definition) is 3. The fraction of sp³-hybridized carbons (Fsp3) is 0.143. The maximum absolute atomic E-state index is 12.9. The first-order valence-corrected chi connectivity index (χ1v) is 4.06. The molecule has 2 rings (SSSR count). The van der Waals surface area contributed by atoms with Crippen molar-refractivity contribution in [3.05, 3.63) is 16.9 Å². The molecule has 0 unspecified atom stereocenters. The summed E-state index contributed by atoms with van der Waals surface area (Å²) in [4.78, 5) is 0. The van der Waals surface area contributed by atoms with Crippen LogP contribution in [-0.4, -0.2) is 9.78 Å². The molecular formula is C7H4FN3S. The number of halogens is 1. The second kappa shape index (κ2) is 2.29. The molecule has 0 N–H and O–H groups in total. The summed E-state index contributed by atoms with van der Waals surface area (Å²) >= 11 is 0.952. The lowest BCUT2D eigenvalue weighted by molar-refractivity contribution is 0.653. The molecule has 0 aliphatic rings. The number of aromatic nitrogens is 2. The van der Waals surface area contributed by atoms with Crippen molar-refractivity contribution in [2.75, 3.05) is 0 Å². The van der Waals surface area contributed by atoms with Crippen molar-refractivity contribution >= 4 is 21.6 Å². The maximum atomic E-state index is 12.9. The number of fused-ring (bicyclic) bond motifs is 1. The lowest BCUT2D eigenvalue weighted by Gasteiger charge is -1.83. The largest absolute Gasteiger partial charge is 0.274 e. The highest BCUT2D eigenvalue weighted by Crippen LogP contribution is 2.27. The van der Waals surface area contributed by atoms with Gasteiger partial charge in [-0.05, 0) is 0 Å². The second-order valence-corrected chi connectivity index (χ2v) is 3.38. The molecule has 2 heterocycles. The molecule has 0 amide bonds. The average Bonchev–Trinajstić information content (AvgIpc) is 2.43. The Morgan fingerprint density at radius 3 is 3.17 bits per heavy atom. The number of rotatable bonds is 0. The van der Waals surface area contributed by atoms with Gasteiger partial charge in [0.15, 0.2) is 5.13 Å². The lowest BCUT2D eigenvalue weighted by Crippen LogP contribution is -1.87. The zero-order valence-corrected chi connectivity index (χ0v) is 7.02. The van der Waals surface area contributed by atoms with Gasteiger partial charge in [-0.15, -0.1) is 11.3 Å². The van der Waals surface area contributed by atoms with E-state index in [2.05, 4.69) is 5.10 Å². The Bertz CT molecular complexity index is 476. The van der Waals surface area contributed by atoms with Gasteiger partial charge in [-0.3, -0.25) is 4.68 Å². The Morgan fingerprint density at radius 2 is 2.50 bits per heavy atom. The molecule has 60 valence electrons. The smallest absolute Gasteiger partial charge is 0.197 e. The lowest BCUT2D eigenvalue weighted by atomic mass is 10.3. The number of thiophene rings is 1. The van der Waals surface area contributed by atoms with E-state index in [0.717, 1.165) is 11.3 Å². The summed E-state index contributed by atoms with van der Waals surface area (Å²) in [6, 6.07) is 1.79. The van der Waals surface area contributed by atoms with Crippen LogP contribution in [0.25, 0.3) is 10.2 Å². The first kappa shape index (κ1) is 7.25. The van der Waals surface area contributed by atoms with Crippen LogP contribution in [0, 0.1) is 16.5 Å². The summed E-state index contributed by atoms with van der Waals surface area (Å²) in [6.07, 6.45) is 1.70. The minimum atomic E-state index is -0.449. The molecule has 0 bridgehead atoms. The van der Waals surface area contributed by atoms with Gasteiger partial charge >= 0.3 is 0 Å². The van der Waals surface area contributed by atoms with Gasteiger partial charge in [0.2, 0.25) is 0 Å². The van der Waals surface area contributed by atoms with E-state index in [4.69, 9.17) is 5.26 Å². The SMILES string of the molecule is Cn1cc2sc(F)c(C#N)c2n1. The predicted octanol–water partition coefficient (Wildman–Crippen LogP) is 1.65. The third-order valence-electron chi connectivity index (χ3n) is 1.54. The summed E-state index contributed by atoms with van der Waals surface area (Å²) < 4.78 is 15.2. The van der Waals surface area contributed by atoms with E-state index < -0.39 is 5.13 Å². The molecule has 0 saturated carbocycles. The molecule has 0 atom stereocenters. The topological polar surface area (TPSA) is 41.6 Å². The van der Waals surface area contributed by atoms with Gasteiger partial charge < -0.3 is 0 Å². The van der Waals surface area contributed by atoms with Crippen molar-refractivity contribution in [3.8, 4) is 6.07 Å². The highest BCUT2D eigenvalue weighted by atomic mass is 32.1. The minimum absolute atomic E-state index is 0.0515. The van der Waals surface area contributed by atoms with Crippen molar-refractivity contribution in [2.45, 2.75) is 0 Å². The Balaban J connectivity index is 2.89. The van der Waals surface area contributed by atoms with Crippen molar-refractivity contribution in [1.29, 1.82) is 5.26 Å². The third kappa shape index (κ3) is 0.818. The quantitative estimate of drug-likeness (QED) is 0.620. The van der Waals surface area contributed by atoms with Crippen LogP contribution >= 0.6 is 11.3 Å². The number of nitrogens with zero attached hydrogens (tertiary/aromatic N) is 3. The molecule has 0 saturated heterocycles. The Kier molecular flexibility index (Phi) is 1.38. The van der Waals surface area contributed by atoms with E-state index in [9.17, 15) is 4.39 Å². The first-order valence-electron chi connectivity index (χ1n) is 3.24. The molecule has 0 fully saturated rings. The highest BCUT2D eigenvalue weighted by molar-refractivity contribution is 7.17. The molecule has 2 aromatic rings. The van der Waals surface area contributed by atoms with Crippen LogP contribution in [0.4, 0.5) is 4.39 Å². The van der Waals surface area contributed by atoms with Crippen LogP contribution in [0.5, 0.6) is 0 Å². The fourth-order valence-electron chi connectivity index (χ4n) is 1.05. The maximum Gasteiger partial charge on any atom is 0.197 e. The zero-order valence-electron chi connectivity index (χ0n) is 6.21. The molecular weight excluding hydrogens is 177 g/mol. The first-order chi connectivity index (χ1) is 5.72. The van der Waals surface area contributed by atoms with Crippen molar-refractivity contribution in [3.63, 3.8) is 0 Å². The summed E-state index contributed by atoms with van der Waals surface area (Å²) in [5.74, 6) is 0. The van der Waals surface area contributed by atoms with Gasteiger partial charge in [-0.25, -0.2) is 0 Å². The number of aryl methyl sites for hydroxylation is 1. The number of hydrogen-bond donors (Lipinski definition) is 0. The van der Waals surface area contributed by atoms with E-state index in [1.807, 2.05) is 0 Å². The Labute approximate surface area is 71.6 Å². The van der Waals surface area contributed by atoms with Gasteiger partial charge in [-0.1, -0.05) is 0 Å². The third-order valence-corrected chi connectivity index (χ3v) is 2.44. The molecule has 12 heavy (non-hydrogen) atoms. The summed E-state index contributed by atoms with van der Waals surface area (Å²) in [7, 11) is 1.74. The van der Waals surface area contributed by atoms with E-state index in [1.165, 1.54) is 0 Å². The van der Waals surface area contributed by atoms with Gasteiger partial charge in [0.05, 0.1) is 4.70 Å². The summed E-state index contributed by atoms with van der Waals surface area (Å²) in [5.41, 5.74) is 0.512. The van der Waals surface area contributed by atoms with E-state index >= 15 is 0 Å². The van der Waals surface area contributed by atoms with E-state index in [-0.39, 0.29) is 5.56 Å². The molecule has 0 spiro atoms. The monoisotopic (exact) mass is 181 g/mol. The predicted molar refractivity (Wildman–Crippen MR) is 43.3 cm³/mol. The van der Waals surface area contributed by atoms with Crippen LogP contribution < -0.4 is 0 Å². The van der Waals surface area contributed by atoms with Crippen LogP contribution in [0.1, 0.15) is 5.56 Å². The van der Waals surface area contributed by atoms with Gasteiger partial charge in [0.1, 0.15) is 17.1 Å². The Hall–Kier alpha value is -1.41. The molecule has 3 nitrogen and oxygen atoms in total. The van der Waals surface area contributed by atoms with Gasteiger partial charge in [0.25, 0.3) is 0 Å². The summed E-state index contributed by atoms with van der Waals surface area (Å²) in [5, 5.41) is 12.1. The molecule has 0 radical (unpaired) electrons. The summed E-state index contributed by atoms with van der Waals surface area (Å²) in [6.45, 7) is 0. The standard InChI is InChI=1S/C7H4FN3S/c1-11-3-5-6(10-11)4(2-9)7(8)12-5/h3H,1H3. The van der Waals surface area contributed by atoms with Crippen molar-refractivity contribution in [2.24, 2.45) is 7.05 Å². The molecule has 2 aromatic heterocycles. The van der Waals surface area contributed by atoms with Crippen molar-refractivity contribution in [1.82, 2.24) is 9.78 Å².